The topological polar surface area (TPSA) is 29.0 Å². The summed E-state index contributed by atoms with van der Waals surface area (Å²) in [7, 11) is 0. The lowest BCUT2D eigenvalue weighted by Crippen LogP contribution is -2.38. The molecular weight excluding hydrogens is 186 g/mol. The Morgan fingerprint density at radius 3 is 3.27 bits per heavy atom. The van der Waals surface area contributed by atoms with Crippen LogP contribution in [0.2, 0.25) is 0 Å². The summed E-state index contributed by atoms with van der Waals surface area (Å²) in [4.78, 5) is 11.2. The number of hydrogen-bond donors (Lipinski definition) is 0. The average Bonchev–Trinajstić information content (AvgIpc) is 2.56. The quantitative estimate of drug-likeness (QED) is 0.735. The summed E-state index contributed by atoms with van der Waals surface area (Å²) in [6.07, 6.45) is 8.72. The molecule has 1 aromatic rings. The van der Waals surface area contributed by atoms with Crippen molar-refractivity contribution in [3.05, 3.63) is 23.8 Å². The second-order valence-electron chi connectivity index (χ2n) is 4.61. The normalized spacial score (nSPS) is 29.1. The Balaban J connectivity index is 1.97. The Morgan fingerprint density at radius 2 is 2.40 bits per heavy atom. The first kappa shape index (κ1) is 9.28. The third-order valence-electron chi connectivity index (χ3n) is 3.74. The molecular formula is C12H17N3. The number of fused-ring (bicyclic) bond motifs is 4. The minimum Gasteiger partial charge on any atom is -0.293 e. The Kier molecular flexibility index (Phi) is 2.20. The highest BCUT2D eigenvalue weighted by molar-refractivity contribution is 5.27. The maximum absolute atomic E-state index is 4.42. The summed E-state index contributed by atoms with van der Waals surface area (Å²) >= 11 is 0. The van der Waals surface area contributed by atoms with Gasteiger partial charge >= 0.3 is 0 Å². The van der Waals surface area contributed by atoms with Crippen molar-refractivity contribution in [3.8, 4) is 0 Å². The minimum absolute atomic E-state index is 0.611. The standard InChI is InChI=1S/C12H17N3/c1-2-5-15-9-3-4-12(15)10-7-13-8-14-11(10)6-9/h7-9,12H,2-6H2,1H3. The lowest BCUT2D eigenvalue weighted by atomic mass is 9.99. The van der Waals surface area contributed by atoms with Crippen molar-refractivity contribution < 1.29 is 0 Å². The van der Waals surface area contributed by atoms with E-state index in [2.05, 4.69) is 21.8 Å². The number of hydrogen-bond acceptors (Lipinski definition) is 3. The smallest absolute Gasteiger partial charge is 0.115 e. The molecule has 0 N–H and O–H groups in total. The molecule has 1 saturated heterocycles. The fourth-order valence-corrected chi connectivity index (χ4v) is 3.12. The SMILES string of the molecule is CCCN1C2CCC1c1cncnc1C2. The van der Waals surface area contributed by atoms with Gasteiger partial charge in [-0.25, -0.2) is 9.97 Å². The highest BCUT2D eigenvalue weighted by Gasteiger charge is 2.39. The van der Waals surface area contributed by atoms with Gasteiger partial charge < -0.3 is 0 Å². The zero-order valence-corrected chi connectivity index (χ0v) is 9.19. The first-order chi connectivity index (χ1) is 7.40. The molecule has 2 unspecified atom stereocenters. The zero-order valence-electron chi connectivity index (χ0n) is 9.19. The predicted molar refractivity (Wildman–Crippen MR) is 58.5 cm³/mol. The third-order valence-corrected chi connectivity index (χ3v) is 3.74. The van der Waals surface area contributed by atoms with Crippen LogP contribution in [0.25, 0.3) is 0 Å². The Hall–Kier alpha value is -0.960. The first-order valence-electron chi connectivity index (χ1n) is 5.94. The van der Waals surface area contributed by atoms with Crippen LogP contribution in [0.5, 0.6) is 0 Å². The summed E-state index contributed by atoms with van der Waals surface area (Å²) in [5, 5.41) is 0. The minimum atomic E-state index is 0.611. The van der Waals surface area contributed by atoms with Gasteiger partial charge in [-0.05, 0) is 25.8 Å². The molecule has 0 saturated carbocycles. The predicted octanol–water partition coefficient (Wildman–Crippen LogP) is 1.95. The molecule has 0 aliphatic carbocycles. The van der Waals surface area contributed by atoms with E-state index in [4.69, 9.17) is 0 Å². The Bertz CT molecular complexity index is 364. The monoisotopic (exact) mass is 203 g/mol. The van der Waals surface area contributed by atoms with Crippen LogP contribution in [-0.2, 0) is 6.42 Å². The second-order valence-corrected chi connectivity index (χ2v) is 4.61. The van der Waals surface area contributed by atoms with Crippen molar-refractivity contribution in [2.75, 3.05) is 6.54 Å². The van der Waals surface area contributed by atoms with Crippen LogP contribution in [0.15, 0.2) is 12.5 Å². The summed E-state index contributed by atoms with van der Waals surface area (Å²) in [5.74, 6) is 0. The average molecular weight is 203 g/mol. The largest absolute Gasteiger partial charge is 0.293 e. The molecule has 3 nitrogen and oxygen atoms in total. The van der Waals surface area contributed by atoms with Crippen LogP contribution in [0.4, 0.5) is 0 Å². The third kappa shape index (κ3) is 1.37. The van der Waals surface area contributed by atoms with Crippen molar-refractivity contribution in [2.24, 2.45) is 0 Å². The van der Waals surface area contributed by atoms with Gasteiger partial charge in [0, 0.05) is 30.3 Å². The van der Waals surface area contributed by atoms with E-state index in [1.54, 1.807) is 6.33 Å². The summed E-state index contributed by atoms with van der Waals surface area (Å²) < 4.78 is 0. The second kappa shape index (κ2) is 3.56. The molecule has 3 heterocycles. The van der Waals surface area contributed by atoms with Crippen LogP contribution < -0.4 is 0 Å². The van der Waals surface area contributed by atoms with Crippen LogP contribution in [0.1, 0.15) is 43.5 Å². The maximum Gasteiger partial charge on any atom is 0.115 e. The number of aromatic nitrogens is 2. The van der Waals surface area contributed by atoms with Crippen LogP contribution in [0.3, 0.4) is 0 Å². The van der Waals surface area contributed by atoms with Gasteiger partial charge in [0.25, 0.3) is 0 Å². The summed E-state index contributed by atoms with van der Waals surface area (Å²) in [6.45, 7) is 3.49. The van der Waals surface area contributed by atoms with Crippen molar-refractivity contribution in [3.63, 3.8) is 0 Å². The highest BCUT2D eigenvalue weighted by atomic mass is 15.2. The van der Waals surface area contributed by atoms with E-state index in [0.717, 1.165) is 12.5 Å². The van der Waals surface area contributed by atoms with E-state index in [1.807, 2.05) is 6.20 Å². The maximum atomic E-state index is 4.42. The fraction of sp³-hybridized carbons (Fsp3) is 0.667. The van der Waals surface area contributed by atoms with Gasteiger partial charge in [0.1, 0.15) is 6.33 Å². The van der Waals surface area contributed by atoms with Crippen LogP contribution >= 0.6 is 0 Å². The van der Waals surface area contributed by atoms with Gasteiger partial charge in [0.2, 0.25) is 0 Å². The van der Waals surface area contributed by atoms with Crippen molar-refractivity contribution in [2.45, 2.75) is 44.7 Å². The molecule has 2 aliphatic heterocycles. The van der Waals surface area contributed by atoms with Gasteiger partial charge in [0.15, 0.2) is 0 Å². The molecule has 3 heteroatoms. The molecule has 1 aromatic heterocycles. The van der Waals surface area contributed by atoms with Gasteiger partial charge in [0.05, 0.1) is 5.69 Å². The Labute approximate surface area is 90.5 Å². The van der Waals surface area contributed by atoms with E-state index in [1.165, 1.54) is 37.1 Å². The van der Waals surface area contributed by atoms with Crippen LogP contribution in [-0.4, -0.2) is 27.5 Å². The van der Waals surface area contributed by atoms with Crippen molar-refractivity contribution >= 4 is 0 Å². The molecule has 3 rings (SSSR count). The van der Waals surface area contributed by atoms with E-state index in [-0.39, 0.29) is 0 Å². The first-order valence-corrected chi connectivity index (χ1v) is 5.94. The zero-order chi connectivity index (χ0) is 10.3. The van der Waals surface area contributed by atoms with Crippen molar-refractivity contribution in [1.82, 2.24) is 14.9 Å². The van der Waals surface area contributed by atoms with Gasteiger partial charge in [-0.3, -0.25) is 4.90 Å². The van der Waals surface area contributed by atoms with Gasteiger partial charge in [-0.15, -0.1) is 0 Å². The molecule has 2 bridgehead atoms. The number of rotatable bonds is 2. The summed E-state index contributed by atoms with van der Waals surface area (Å²) in [5.41, 5.74) is 2.68. The van der Waals surface area contributed by atoms with E-state index < -0.39 is 0 Å². The lowest BCUT2D eigenvalue weighted by Gasteiger charge is -2.35. The lowest BCUT2D eigenvalue weighted by molar-refractivity contribution is 0.175. The molecule has 1 fully saturated rings. The van der Waals surface area contributed by atoms with Gasteiger partial charge in [-0.1, -0.05) is 6.92 Å². The highest BCUT2D eigenvalue weighted by Crippen LogP contribution is 2.42. The molecule has 0 amide bonds. The van der Waals surface area contributed by atoms with Crippen molar-refractivity contribution in [1.29, 1.82) is 0 Å². The molecule has 0 aromatic carbocycles. The molecule has 80 valence electrons. The molecule has 0 radical (unpaired) electrons. The van der Waals surface area contributed by atoms with E-state index >= 15 is 0 Å². The fourth-order valence-electron chi connectivity index (χ4n) is 3.12. The number of nitrogens with zero attached hydrogens (tertiary/aromatic N) is 3. The van der Waals surface area contributed by atoms with E-state index in [9.17, 15) is 0 Å². The van der Waals surface area contributed by atoms with Crippen LogP contribution in [0, 0.1) is 0 Å². The summed E-state index contributed by atoms with van der Waals surface area (Å²) in [6, 6.07) is 1.36. The van der Waals surface area contributed by atoms with E-state index in [0.29, 0.717) is 6.04 Å². The molecule has 2 atom stereocenters. The molecule has 2 aliphatic rings. The molecule has 0 spiro atoms. The molecule has 15 heavy (non-hydrogen) atoms. The van der Waals surface area contributed by atoms with Gasteiger partial charge in [-0.2, -0.15) is 0 Å². The Morgan fingerprint density at radius 1 is 1.47 bits per heavy atom.